The molecule has 0 fully saturated rings. The van der Waals surface area contributed by atoms with Crippen LogP contribution in [0, 0.1) is 0 Å². The van der Waals surface area contributed by atoms with Crippen LogP contribution in [0.15, 0.2) is 43.2 Å². The predicted octanol–water partition coefficient (Wildman–Crippen LogP) is 2.39. The highest BCUT2D eigenvalue weighted by Crippen LogP contribution is 2.21. The summed E-state index contributed by atoms with van der Waals surface area (Å²) in [6, 6.07) is 5.64. The lowest BCUT2D eigenvalue weighted by molar-refractivity contribution is 0.398. The van der Waals surface area contributed by atoms with E-state index < -0.39 is 0 Å². The summed E-state index contributed by atoms with van der Waals surface area (Å²) in [7, 11) is 1.60. The van der Waals surface area contributed by atoms with Crippen LogP contribution in [0.5, 0.6) is 5.88 Å². The highest BCUT2D eigenvalue weighted by Gasteiger charge is 2.14. The van der Waals surface area contributed by atoms with Crippen molar-refractivity contribution in [1.29, 1.82) is 0 Å². The number of aromatic nitrogens is 7. The summed E-state index contributed by atoms with van der Waals surface area (Å²) in [6.07, 6.45) is 9.04. The van der Waals surface area contributed by atoms with Gasteiger partial charge in [0.1, 0.15) is 18.3 Å². The van der Waals surface area contributed by atoms with E-state index in [2.05, 4.69) is 32.1 Å². The molecule has 0 saturated heterocycles. The Balaban J connectivity index is 1.74. The molecule has 0 aliphatic rings. The minimum atomic E-state index is 0.562. The van der Waals surface area contributed by atoms with Gasteiger partial charge in [0, 0.05) is 24.0 Å². The first kappa shape index (κ1) is 16.2. The van der Waals surface area contributed by atoms with Crippen LogP contribution in [0.4, 0.5) is 0 Å². The molecule has 0 aromatic carbocycles. The Morgan fingerprint density at radius 1 is 1.15 bits per heavy atom. The second-order valence-electron chi connectivity index (χ2n) is 5.93. The van der Waals surface area contributed by atoms with E-state index in [4.69, 9.17) is 4.74 Å². The third-order valence-electron chi connectivity index (χ3n) is 4.23. The van der Waals surface area contributed by atoms with Crippen molar-refractivity contribution < 1.29 is 4.74 Å². The molecule has 0 spiro atoms. The number of imidazole rings is 1. The Morgan fingerprint density at radius 2 is 2.08 bits per heavy atom. The summed E-state index contributed by atoms with van der Waals surface area (Å²) in [5.74, 6) is 1.33. The van der Waals surface area contributed by atoms with E-state index in [0.29, 0.717) is 12.4 Å². The highest BCUT2D eigenvalue weighted by molar-refractivity contribution is 5.52. The van der Waals surface area contributed by atoms with Crippen LogP contribution in [0.2, 0.25) is 0 Å². The Hall–Kier alpha value is -3.29. The average molecular weight is 349 g/mol. The summed E-state index contributed by atoms with van der Waals surface area (Å²) < 4.78 is 9.11. The standard InChI is InChI=1S/C18H19N7O/c1-3-5-13-15(20-11-25-12-21-23-17(13)25)10-24-9-8-19-18(24)14-6-4-7-16(22-14)26-2/h4,6-9,11-12H,3,5,10H2,1-2H3. The minimum Gasteiger partial charge on any atom is -0.481 e. The molecule has 0 atom stereocenters. The van der Waals surface area contributed by atoms with Crippen molar-refractivity contribution >= 4 is 5.65 Å². The molecule has 0 unspecified atom stereocenters. The van der Waals surface area contributed by atoms with Gasteiger partial charge >= 0.3 is 0 Å². The van der Waals surface area contributed by atoms with Gasteiger partial charge in [-0.2, -0.15) is 0 Å². The van der Waals surface area contributed by atoms with Gasteiger partial charge in [-0.1, -0.05) is 19.4 Å². The van der Waals surface area contributed by atoms with Gasteiger partial charge in [-0.25, -0.2) is 15.0 Å². The van der Waals surface area contributed by atoms with E-state index >= 15 is 0 Å². The molecule has 4 aromatic heterocycles. The molecule has 8 heteroatoms. The summed E-state index contributed by atoms with van der Waals surface area (Å²) in [6.45, 7) is 2.74. The maximum atomic E-state index is 5.22. The van der Waals surface area contributed by atoms with Crippen molar-refractivity contribution in [2.75, 3.05) is 7.11 Å². The number of hydrogen-bond donors (Lipinski definition) is 0. The molecule has 0 amide bonds. The van der Waals surface area contributed by atoms with E-state index in [1.807, 2.05) is 33.4 Å². The number of pyridine rings is 1. The number of nitrogens with zero attached hydrogens (tertiary/aromatic N) is 7. The van der Waals surface area contributed by atoms with Crippen LogP contribution in [-0.4, -0.2) is 41.2 Å². The van der Waals surface area contributed by atoms with Crippen LogP contribution in [0.3, 0.4) is 0 Å². The number of fused-ring (bicyclic) bond motifs is 1. The number of aryl methyl sites for hydroxylation is 1. The molecule has 0 bridgehead atoms. The first-order valence-electron chi connectivity index (χ1n) is 8.48. The smallest absolute Gasteiger partial charge is 0.213 e. The van der Waals surface area contributed by atoms with E-state index in [9.17, 15) is 0 Å². The van der Waals surface area contributed by atoms with Gasteiger partial charge in [0.15, 0.2) is 11.5 Å². The molecular formula is C18H19N7O. The normalized spacial score (nSPS) is 11.2. The van der Waals surface area contributed by atoms with Gasteiger partial charge in [0.25, 0.3) is 0 Å². The largest absolute Gasteiger partial charge is 0.481 e. The lowest BCUT2D eigenvalue weighted by atomic mass is 10.1. The van der Waals surface area contributed by atoms with Crippen molar-refractivity contribution in [2.24, 2.45) is 0 Å². The molecule has 0 radical (unpaired) electrons. The zero-order chi connectivity index (χ0) is 17.9. The summed E-state index contributed by atoms with van der Waals surface area (Å²) in [5, 5.41) is 8.25. The van der Waals surface area contributed by atoms with Crippen LogP contribution < -0.4 is 4.74 Å². The first-order valence-corrected chi connectivity index (χ1v) is 8.48. The Bertz CT molecular complexity index is 1040. The van der Waals surface area contributed by atoms with Crippen molar-refractivity contribution in [3.8, 4) is 17.4 Å². The molecule has 4 heterocycles. The van der Waals surface area contributed by atoms with Crippen molar-refractivity contribution in [3.63, 3.8) is 0 Å². The quantitative estimate of drug-likeness (QED) is 0.531. The van der Waals surface area contributed by atoms with E-state index in [-0.39, 0.29) is 0 Å². The van der Waals surface area contributed by atoms with Crippen LogP contribution in [0.25, 0.3) is 17.2 Å². The first-order chi connectivity index (χ1) is 12.8. The minimum absolute atomic E-state index is 0.562. The second kappa shape index (κ2) is 6.91. The van der Waals surface area contributed by atoms with Gasteiger partial charge < -0.3 is 9.30 Å². The molecule has 4 aromatic rings. The van der Waals surface area contributed by atoms with Crippen molar-refractivity contribution in [2.45, 2.75) is 26.3 Å². The fourth-order valence-corrected chi connectivity index (χ4v) is 3.01. The Kier molecular flexibility index (Phi) is 4.30. The predicted molar refractivity (Wildman–Crippen MR) is 95.9 cm³/mol. The highest BCUT2D eigenvalue weighted by atomic mass is 16.5. The second-order valence-corrected chi connectivity index (χ2v) is 5.93. The average Bonchev–Trinajstić information content (AvgIpc) is 3.33. The molecule has 0 N–H and O–H groups in total. The topological polar surface area (TPSA) is 83.0 Å². The third-order valence-corrected chi connectivity index (χ3v) is 4.23. The van der Waals surface area contributed by atoms with Crippen molar-refractivity contribution in [1.82, 2.24) is 34.1 Å². The lowest BCUT2D eigenvalue weighted by Crippen LogP contribution is -2.09. The van der Waals surface area contributed by atoms with E-state index in [1.165, 1.54) is 0 Å². The number of rotatable bonds is 6. The zero-order valence-corrected chi connectivity index (χ0v) is 14.7. The molecular weight excluding hydrogens is 330 g/mol. The maximum Gasteiger partial charge on any atom is 0.213 e. The van der Waals surface area contributed by atoms with Gasteiger partial charge in [0.05, 0.1) is 19.3 Å². The zero-order valence-electron chi connectivity index (χ0n) is 14.7. The molecule has 0 aliphatic carbocycles. The molecule has 0 saturated carbocycles. The van der Waals surface area contributed by atoms with Crippen molar-refractivity contribution in [3.05, 3.63) is 54.5 Å². The van der Waals surface area contributed by atoms with Gasteiger partial charge in [-0.05, 0) is 12.5 Å². The lowest BCUT2D eigenvalue weighted by Gasteiger charge is -2.12. The van der Waals surface area contributed by atoms with Crippen LogP contribution >= 0.6 is 0 Å². The van der Waals surface area contributed by atoms with Gasteiger partial charge in [-0.15, -0.1) is 10.2 Å². The SMILES string of the molecule is CCCc1c(Cn2ccnc2-c2cccc(OC)n2)ncn2cnnc12. The number of ether oxygens (including phenoxy) is 1. The summed E-state index contributed by atoms with van der Waals surface area (Å²) in [4.78, 5) is 13.6. The van der Waals surface area contributed by atoms with Gasteiger partial charge in [0.2, 0.25) is 5.88 Å². The summed E-state index contributed by atoms with van der Waals surface area (Å²) >= 11 is 0. The maximum absolute atomic E-state index is 5.22. The van der Waals surface area contributed by atoms with Crippen LogP contribution in [-0.2, 0) is 13.0 Å². The molecule has 4 rings (SSSR count). The molecule has 26 heavy (non-hydrogen) atoms. The summed E-state index contributed by atoms with van der Waals surface area (Å²) in [5.41, 5.74) is 3.70. The van der Waals surface area contributed by atoms with Gasteiger partial charge in [-0.3, -0.25) is 4.40 Å². The Morgan fingerprint density at radius 3 is 2.92 bits per heavy atom. The monoisotopic (exact) mass is 349 g/mol. The third kappa shape index (κ3) is 2.90. The molecule has 132 valence electrons. The van der Waals surface area contributed by atoms with E-state index in [0.717, 1.165) is 41.3 Å². The molecule has 8 nitrogen and oxygen atoms in total. The fourth-order valence-electron chi connectivity index (χ4n) is 3.01. The Labute approximate surface area is 150 Å². The van der Waals surface area contributed by atoms with Crippen LogP contribution in [0.1, 0.15) is 24.6 Å². The number of hydrogen-bond acceptors (Lipinski definition) is 6. The van der Waals surface area contributed by atoms with E-state index in [1.54, 1.807) is 26.0 Å². The molecule has 0 aliphatic heterocycles. The fraction of sp³-hybridized carbons (Fsp3) is 0.278. The number of methoxy groups -OCH3 is 1.